The van der Waals surface area contributed by atoms with Gasteiger partial charge in [0.2, 0.25) is 10.0 Å². The summed E-state index contributed by atoms with van der Waals surface area (Å²) in [4.78, 5) is 2.35. The van der Waals surface area contributed by atoms with Crippen LogP contribution in [0, 0.1) is 11.7 Å². The number of rotatable bonds is 5. The maximum absolute atomic E-state index is 13.0. The van der Waals surface area contributed by atoms with Crippen molar-refractivity contribution >= 4 is 27.3 Å². The van der Waals surface area contributed by atoms with Gasteiger partial charge in [0.1, 0.15) is 5.82 Å². The van der Waals surface area contributed by atoms with Gasteiger partial charge in [-0.3, -0.25) is 0 Å². The first-order valence-corrected chi connectivity index (χ1v) is 9.56. The summed E-state index contributed by atoms with van der Waals surface area (Å²) in [5.41, 5.74) is 0.958. The summed E-state index contributed by atoms with van der Waals surface area (Å²) >= 11 is 5.78. The van der Waals surface area contributed by atoms with Crippen molar-refractivity contribution in [1.29, 1.82) is 0 Å². The Balaban J connectivity index is 1.57. The molecule has 1 aliphatic heterocycles. The van der Waals surface area contributed by atoms with Gasteiger partial charge in [0.25, 0.3) is 0 Å². The first-order valence-electron chi connectivity index (χ1n) is 7.70. The van der Waals surface area contributed by atoms with E-state index in [0.29, 0.717) is 11.6 Å². The lowest BCUT2D eigenvalue weighted by Gasteiger charge is -2.18. The van der Waals surface area contributed by atoms with Crippen LogP contribution in [0.1, 0.15) is 6.42 Å². The molecule has 1 heterocycles. The first-order chi connectivity index (χ1) is 11.4. The Labute approximate surface area is 146 Å². The third kappa shape index (κ3) is 4.06. The molecular weight excluding hydrogens is 351 g/mol. The first kappa shape index (κ1) is 17.2. The van der Waals surface area contributed by atoms with Crippen molar-refractivity contribution in [3.05, 3.63) is 59.4 Å². The van der Waals surface area contributed by atoms with Gasteiger partial charge in [0.05, 0.1) is 4.90 Å². The molecule has 1 fully saturated rings. The van der Waals surface area contributed by atoms with Gasteiger partial charge in [-0.15, -0.1) is 0 Å². The van der Waals surface area contributed by atoms with Gasteiger partial charge >= 0.3 is 0 Å². The molecule has 24 heavy (non-hydrogen) atoms. The summed E-state index contributed by atoms with van der Waals surface area (Å²) in [5, 5.41) is 0.500. The minimum atomic E-state index is -3.53. The Morgan fingerprint density at radius 2 is 1.79 bits per heavy atom. The summed E-state index contributed by atoms with van der Waals surface area (Å²) in [6, 6.07) is 12.5. The normalized spacial score (nSPS) is 18.1. The van der Waals surface area contributed by atoms with E-state index >= 15 is 0 Å². The largest absolute Gasteiger partial charge is 0.371 e. The molecule has 2 aromatic carbocycles. The predicted octanol–water partition coefficient (Wildman–Crippen LogP) is 3.28. The smallest absolute Gasteiger partial charge is 0.240 e. The van der Waals surface area contributed by atoms with Crippen molar-refractivity contribution in [2.24, 2.45) is 5.92 Å². The van der Waals surface area contributed by atoms with Crippen molar-refractivity contribution in [2.45, 2.75) is 11.3 Å². The number of halogens is 2. The van der Waals surface area contributed by atoms with Crippen LogP contribution in [-0.4, -0.2) is 28.1 Å². The maximum Gasteiger partial charge on any atom is 0.240 e. The molecule has 3 rings (SSSR count). The van der Waals surface area contributed by atoms with Crippen LogP contribution in [0.3, 0.4) is 0 Å². The van der Waals surface area contributed by atoms with Crippen LogP contribution < -0.4 is 9.62 Å². The number of benzene rings is 2. The summed E-state index contributed by atoms with van der Waals surface area (Å²) in [6.07, 6.45) is 0.889. The fraction of sp³-hybridized carbons (Fsp3) is 0.294. The second-order valence-electron chi connectivity index (χ2n) is 5.88. The van der Waals surface area contributed by atoms with Gasteiger partial charge in [-0.25, -0.2) is 17.5 Å². The lowest BCUT2D eigenvalue weighted by molar-refractivity contribution is 0.541. The molecule has 0 radical (unpaired) electrons. The second-order valence-corrected chi connectivity index (χ2v) is 8.09. The predicted molar refractivity (Wildman–Crippen MR) is 93.4 cm³/mol. The van der Waals surface area contributed by atoms with Gasteiger partial charge in [-0.1, -0.05) is 11.6 Å². The minimum absolute atomic E-state index is 0.209. The average molecular weight is 369 g/mol. The molecule has 1 saturated heterocycles. The van der Waals surface area contributed by atoms with E-state index in [2.05, 4.69) is 9.62 Å². The molecule has 0 spiro atoms. The SMILES string of the molecule is O=S(=O)(NCC1CCN(c2ccc(F)cc2)C1)c1ccc(Cl)cc1. The monoisotopic (exact) mass is 368 g/mol. The standard InChI is InChI=1S/C17H18ClFN2O2S/c18-14-1-7-17(8-2-14)24(22,23)20-11-13-9-10-21(12-13)16-5-3-15(19)4-6-16/h1-8,13,20H,9-12H2. The topological polar surface area (TPSA) is 49.4 Å². The van der Waals surface area contributed by atoms with Crippen molar-refractivity contribution in [3.63, 3.8) is 0 Å². The van der Waals surface area contributed by atoms with E-state index in [4.69, 9.17) is 11.6 Å². The number of nitrogens with one attached hydrogen (secondary N) is 1. The maximum atomic E-state index is 13.0. The zero-order valence-corrected chi connectivity index (χ0v) is 14.5. The van der Waals surface area contributed by atoms with Crippen molar-refractivity contribution in [3.8, 4) is 0 Å². The highest BCUT2D eigenvalue weighted by atomic mass is 35.5. The number of sulfonamides is 1. The van der Waals surface area contributed by atoms with Crippen LogP contribution in [0.2, 0.25) is 5.02 Å². The van der Waals surface area contributed by atoms with Gasteiger partial charge in [0.15, 0.2) is 0 Å². The Kier molecular flexibility index (Phi) is 5.08. The third-order valence-corrected chi connectivity index (χ3v) is 5.86. The van der Waals surface area contributed by atoms with Crippen molar-refractivity contribution in [2.75, 3.05) is 24.5 Å². The fourth-order valence-corrected chi connectivity index (χ4v) is 4.05. The highest BCUT2D eigenvalue weighted by Gasteiger charge is 2.24. The molecule has 0 amide bonds. The lowest BCUT2D eigenvalue weighted by Crippen LogP contribution is -2.31. The lowest BCUT2D eigenvalue weighted by atomic mass is 10.1. The third-order valence-electron chi connectivity index (χ3n) is 4.16. The molecule has 128 valence electrons. The fourth-order valence-electron chi connectivity index (χ4n) is 2.81. The summed E-state index contributed by atoms with van der Waals surface area (Å²) in [7, 11) is -3.53. The van der Waals surface area contributed by atoms with Gasteiger partial charge in [-0.2, -0.15) is 0 Å². The van der Waals surface area contributed by atoms with Gasteiger partial charge < -0.3 is 4.90 Å². The van der Waals surface area contributed by atoms with E-state index in [1.165, 1.54) is 24.3 Å². The molecule has 0 bridgehead atoms. The Morgan fingerprint density at radius 1 is 1.12 bits per heavy atom. The Morgan fingerprint density at radius 3 is 2.46 bits per heavy atom. The molecular formula is C17H18ClFN2O2S. The summed E-state index contributed by atoms with van der Waals surface area (Å²) in [5.74, 6) is -0.0395. The van der Waals surface area contributed by atoms with Gasteiger partial charge in [-0.05, 0) is 60.9 Å². The van der Waals surface area contributed by atoms with Crippen molar-refractivity contribution < 1.29 is 12.8 Å². The number of nitrogens with zero attached hydrogens (tertiary/aromatic N) is 1. The van der Waals surface area contributed by atoms with E-state index in [-0.39, 0.29) is 16.6 Å². The number of hydrogen-bond donors (Lipinski definition) is 1. The van der Waals surface area contributed by atoms with Crippen LogP contribution in [0.4, 0.5) is 10.1 Å². The van der Waals surface area contributed by atoms with E-state index in [1.54, 1.807) is 24.3 Å². The highest BCUT2D eigenvalue weighted by molar-refractivity contribution is 7.89. The molecule has 0 aromatic heterocycles. The molecule has 2 aromatic rings. The molecule has 1 atom stereocenters. The van der Waals surface area contributed by atoms with Crippen LogP contribution in [0.15, 0.2) is 53.4 Å². The second kappa shape index (κ2) is 7.09. The molecule has 1 aliphatic rings. The molecule has 1 unspecified atom stereocenters. The van der Waals surface area contributed by atoms with E-state index in [9.17, 15) is 12.8 Å². The summed E-state index contributed by atoms with van der Waals surface area (Å²) in [6.45, 7) is 1.95. The Bertz CT molecular complexity index is 794. The Hall–Kier alpha value is -1.63. The van der Waals surface area contributed by atoms with Crippen molar-refractivity contribution in [1.82, 2.24) is 4.72 Å². The molecule has 4 nitrogen and oxygen atoms in total. The molecule has 7 heteroatoms. The quantitative estimate of drug-likeness (QED) is 0.881. The van der Waals surface area contributed by atoms with E-state index < -0.39 is 10.0 Å². The van der Waals surface area contributed by atoms with Gasteiger partial charge in [0, 0.05) is 30.3 Å². The zero-order valence-electron chi connectivity index (χ0n) is 13.0. The average Bonchev–Trinajstić information content (AvgIpc) is 3.03. The van der Waals surface area contributed by atoms with E-state index in [0.717, 1.165) is 25.2 Å². The molecule has 1 N–H and O–H groups in total. The van der Waals surface area contributed by atoms with Crippen LogP contribution in [0.25, 0.3) is 0 Å². The zero-order chi connectivity index (χ0) is 17.2. The van der Waals surface area contributed by atoms with E-state index in [1.807, 2.05) is 0 Å². The molecule has 0 saturated carbocycles. The minimum Gasteiger partial charge on any atom is -0.371 e. The number of hydrogen-bond acceptors (Lipinski definition) is 3. The van der Waals surface area contributed by atoms with Crippen LogP contribution in [0.5, 0.6) is 0 Å². The van der Waals surface area contributed by atoms with Crippen LogP contribution in [-0.2, 0) is 10.0 Å². The highest BCUT2D eigenvalue weighted by Crippen LogP contribution is 2.24. The summed E-state index contributed by atoms with van der Waals surface area (Å²) < 4.78 is 40.2. The molecule has 0 aliphatic carbocycles. The number of anilines is 1. The van der Waals surface area contributed by atoms with Crippen LogP contribution >= 0.6 is 11.6 Å².